The third-order valence-electron chi connectivity index (χ3n) is 2.25. The van der Waals surface area contributed by atoms with Gasteiger partial charge in [-0.3, -0.25) is 4.98 Å². The number of pyridine rings is 1. The lowest BCUT2D eigenvalue weighted by atomic mass is 10.2. The Kier molecular flexibility index (Phi) is 6.51. The fourth-order valence-corrected chi connectivity index (χ4v) is 1.40. The Bertz CT molecular complexity index is 319. The topological polar surface area (TPSA) is 34.1 Å². The molecule has 0 bridgehead atoms. The van der Waals surface area contributed by atoms with Crippen LogP contribution in [0.2, 0.25) is 0 Å². The Hall–Kier alpha value is -1.19. The van der Waals surface area contributed by atoms with Crippen molar-refractivity contribution >= 4 is 0 Å². The van der Waals surface area contributed by atoms with E-state index in [1.165, 1.54) is 5.56 Å². The molecule has 1 heterocycles. The van der Waals surface area contributed by atoms with Crippen LogP contribution < -0.4 is 5.32 Å². The highest BCUT2D eigenvalue weighted by Crippen LogP contribution is 2.02. The van der Waals surface area contributed by atoms with Gasteiger partial charge in [0.1, 0.15) is 0 Å². The summed E-state index contributed by atoms with van der Waals surface area (Å²) in [6.07, 6.45) is 3.64. The molecule has 1 N–H and O–H groups in total. The molecule has 0 aliphatic heterocycles. The van der Waals surface area contributed by atoms with E-state index in [0.29, 0.717) is 19.1 Å². The molecule has 0 unspecified atom stereocenters. The number of rotatable bonds is 8. The number of hydrogen-bond donors (Lipinski definition) is 1. The Morgan fingerprint density at radius 2 is 2.29 bits per heavy atom. The molecule has 3 nitrogen and oxygen atoms in total. The van der Waals surface area contributed by atoms with Crippen LogP contribution in [-0.4, -0.2) is 18.1 Å². The van der Waals surface area contributed by atoms with Gasteiger partial charge in [-0.15, -0.1) is 6.58 Å². The highest BCUT2D eigenvalue weighted by atomic mass is 16.5. The molecule has 0 spiro atoms. The van der Waals surface area contributed by atoms with Gasteiger partial charge in [-0.2, -0.15) is 0 Å². The zero-order valence-electron chi connectivity index (χ0n) is 10.8. The lowest BCUT2D eigenvalue weighted by molar-refractivity contribution is 0.146. The minimum Gasteiger partial charge on any atom is -0.371 e. The fraction of sp³-hybridized carbons (Fsp3) is 0.500. The van der Waals surface area contributed by atoms with Crippen molar-refractivity contribution in [3.63, 3.8) is 0 Å². The standard InChI is InChI=1S/C14H22N2O/c1-4-7-17-11-14-6-5-13(10-16-14)9-15-8-12(2)3/h4-6,10,12,15H,1,7-9,11H2,2-3H3. The van der Waals surface area contributed by atoms with E-state index in [-0.39, 0.29) is 0 Å². The van der Waals surface area contributed by atoms with Gasteiger partial charge in [0, 0.05) is 12.7 Å². The lowest BCUT2D eigenvalue weighted by Gasteiger charge is -2.07. The minimum atomic E-state index is 0.547. The van der Waals surface area contributed by atoms with Crippen LogP contribution in [-0.2, 0) is 17.9 Å². The first-order valence-corrected chi connectivity index (χ1v) is 6.05. The summed E-state index contributed by atoms with van der Waals surface area (Å²) in [6, 6.07) is 4.10. The summed E-state index contributed by atoms with van der Waals surface area (Å²) in [5, 5.41) is 3.39. The predicted octanol–water partition coefficient (Wildman–Crippen LogP) is 2.53. The van der Waals surface area contributed by atoms with Crippen LogP contribution >= 0.6 is 0 Å². The Balaban J connectivity index is 2.31. The molecule has 0 fully saturated rings. The molecule has 0 aliphatic rings. The van der Waals surface area contributed by atoms with Crippen LogP contribution in [0.1, 0.15) is 25.1 Å². The molecule has 0 aliphatic carbocycles. The van der Waals surface area contributed by atoms with E-state index in [9.17, 15) is 0 Å². The highest BCUT2D eigenvalue weighted by Gasteiger charge is 1.97. The minimum absolute atomic E-state index is 0.547. The average molecular weight is 234 g/mol. The van der Waals surface area contributed by atoms with Gasteiger partial charge in [-0.1, -0.05) is 26.0 Å². The molecule has 0 amide bonds. The van der Waals surface area contributed by atoms with Crippen LogP contribution in [0.15, 0.2) is 31.0 Å². The fourth-order valence-electron chi connectivity index (χ4n) is 1.40. The summed E-state index contributed by atoms with van der Waals surface area (Å²) in [5.74, 6) is 0.675. The van der Waals surface area contributed by atoms with Crippen molar-refractivity contribution in [2.45, 2.75) is 27.0 Å². The summed E-state index contributed by atoms with van der Waals surface area (Å²) < 4.78 is 5.33. The smallest absolute Gasteiger partial charge is 0.0892 e. The molecule has 0 saturated carbocycles. The van der Waals surface area contributed by atoms with E-state index in [1.54, 1.807) is 6.08 Å². The SMILES string of the molecule is C=CCOCc1ccc(CNCC(C)C)cn1. The first kappa shape index (κ1) is 13.9. The van der Waals surface area contributed by atoms with Crippen LogP contribution in [0.5, 0.6) is 0 Å². The van der Waals surface area contributed by atoms with E-state index < -0.39 is 0 Å². The Labute approximate surface area is 104 Å². The van der Waals surface area contributed by atoms with E-state index >= 15 is 0 Å². The maximum absolute atomic E-state index is 5.33. The summed E-state index contributed by atoms with van der Waals surface area (Å²) in [6.45, 7) is 11.0. The molecular weight excluding hydrogens is 212 g/mol. The second kappa shape index (κ2) is 7.98. The van der Waals surface area contributed by atoms with E-state index in [1.807, 2.05) is 12.3 Å². The summed E-state index contributed by atoms with van der Waals surface area (Å²) >= 11 is 0. The lowest BCUT2D eigenvalue weighted by Crippen LogP contribution is -2.19. The zero-order chi connectivity index (χ0) is 12.5. The summed E-state index contributed by atoms with van der Waals surface area (Å²) in [7, 11) is 0. The molecule has 0 atom stereocenters. The zero-order valence-corrected chi connectivity index (χ0v) is 10.8. The van der Waals surface area contributed by atoms with Crippen molar-refractivity contribution in [1.29, 1.82) is 0 Å². The number of hydrogen-bond acceptors (Lipinski definition) is 3. The number of ether oxygens (including phenoxy) is 1. The molecule has 1 aromatic rings. The molecule has 1 rings (SSSR count). The van der Waals surface area contributed by atoms with Crippen molar-refractivity contribution in [3.05, 3.63) is 42.2 Å². The van der Waals surface area contributed by atoms with E-state index in [4.69, 9.17) is 4.74 Å². The summed E-state index contributed by atoms with van der Waals surface area (Å²) in [4.78, 5) is 4.35. The third kappa shape index (κ3) is 6.19. The van der Waals surface area contributed by atoms with Gasteiger partial charge in [-0.25, -0.2) is 0 Å². The molecule has 0 saturated heterocycles. The quantitative estimate of drug-likeness (QED) is 0.554. The van der Waals surface area contributed by atoms with Crippen molar-refractivity contribution in [2.24, 2.45) is 5.92 Å². The first-order chi connectivity index (χ1) is 8.22. The molecule has 3 heteroatoms. The van der Waals surface area contributed by atoms with Crippen molar-refractivity contribution in [3.8, 4) is 0 Å². The van der Waals surface area contributed by atoms with Gasteiger partial charge in [0.05, 0.1) is 18.9 Å². The van der Waals surface area contributed by atoms with Gasteiger partial charge in [0.15, 0.2) is 0 Å². The maximum Gasteiger partial charge on any atom is 0.0892 e. The molecule has 0 aromatic carbocycles. The van der Waals surface area contributed by atoms with Crippen LogP contribution in [0, 0.1) is 5.92 Å². The predicted molar refractivity (Wildman–Crippen MR) is 70.6 cm³/mol. The van der Waals surface area contributed by atoms with Gasteiger partial charge in [0.2, 0.25) is 0 Å². The van der Waals surface area contributed by atoms with Crippen molar-refractivity contribution in [1.82, 2.24) is 10.3 Å². The summed E-state index contributed by atoms with van der Waals surface area (Å²) in [5.41, 5.74) is 2.16. The second-order valence-corrected chi connectivity index (χ2v) is 4.49. The first-order valence-electron chi connectivity index (χ1n) is 6.05. The molecule has 94 valence electrons. The third-order valence-corrected chi connectivity index (χ3v) is 2.25. The van der Waals surface area contributed by atoms with Crippen LogP contribution in [0.25, 0.3) is 0 Å². The van der Waals surface area contributed by atoms with E-state index in [0.717, 1.165) is 18.8 Å². The number of aromatic nitrogens is 1. The van der Waals surface area contributed by atoms with Crippen molar-refractivity contribution in [2.75, 3.05) is 13.2 Å². The molecule has 0 radical (unpaired) electrons. The van der Waals surface area contributed by atoms with Gasteiger partial charge < -0.3 is 10.1 Å². The average Bonchev–Trinajstić information content (AvgIpc) is 2.31. The van der Waals surface area contributed by atoms with Gasteiger partial charge in [-0.05, 0) is 24.1 Å². The van der Waals surface area contributed by atoms with Crippen molar-refractivity contribution < 1.29 is 4.74 Å². The van der Waals surface area contributed by atoms with E-state index in [2.05, 4.69) is 36.8 Å². The molecular formula is C14H22N2O. The number of nitrogens with one attached hydrogen (secondary N) is 1. The number of nitrogens with zero attached hydrogens (tertiary/aromatic N) is 1. The maximum atomic E-state index is 5.33. The van der Waals surface area contributed by atoms with Crippen LogP contribution in [0.4, 0.5) is 0 Å². The Morgan fingerprint density at radius 3 is 2.88 bits per heavy atom. The molecule has 17 heavy (non-hydrogen) atoms. The highest BCUT2D eigenvalue weighted by molar-refractivity contribution is 5.13. The largest absolute Gasteiger partial charge is 0.371 e. The van der Waals surface area contributed by atoms with Crippen LogP contribution in [0.3, 0.4) is 0 Å². The molecule has 1 aromatic heterocycles. The monoisotopic (exact) mass is 234 g/mol. The Morgan fingerprint density at radius 1 is 1.47 bits per heavy atom. The normalized spacial score (nSPS) is 10.8. The second-order valence-electron chi connectivity index (χ2n) is 4.49. The van der Waals surface area contributed by atoms with Gasteiger partial charge in [0.25, 0.3) is 0 Å². The van der Waals surface area contributed by atoms with Gasteiger partial charge >= 0.3 is 0 Å².